The number of amides is 1. The minimum absolute atomic E-state index is 0.0237. The van der Waals surface area contributed by atoms with Gasteiger partial charge in [-0.05, 0) is 23.6 Å². The van der Waals surface area contributed by atoms with E-state index in [0.717, 1.165) is 16.7 Å². The molecule has 7 rings (SSSR count). The number of carbonyl (C=O) groups is 2. The number of nitrogens with zero attached hydrogens (tertiary/aromatic N) is 3. The summed E-state index contributed by atoms with van der Waals surface area (Å²) >= 11 is 0. The van der Waals surface area contributed by atoms with Gasteiger partial charge in [0.05, 0.1) is 32.3 Å². The van der Waals surface area contributed by atoms with Gasteiger partial charge in [0, 0.05) is 6.92 Å². The van der Waals surface area contributed by atoms with Crippen molar-refractivity contribution < 1.29 is 53.0 Å². The summed E-state index contributed by atoms with van der Waals surface area (Å²) in [6.45, 7) is 2.60. The molecule has 2 aromatic heterocycles. The molecular formula is C40H43N5O12. The molecule has 0 spiro atoms. The van der Waals surface area contributed by atoms with Gasteiger partial charge in [0.25, 0.3) is 5.56 Å². The first kappa shape index (κ1) is 39.7. The van der Waals surface area contributed by atoms with Crippen molar-refractivity contribution in [3.8, 4) is 0 Å². The Balaban J connectivity index is 1.18. The molecule has 5 aromatic rings. The molecule has 2 aliphatic rings. The number of hydrogen-bond donors (Lipinski definition) is 4. The van der Waals surface area contributed by atoms with E-state index in [1.54, 1.807) is 19.1 Å². The molecule has 2 aliphatic heterocycles. The van der Waals surface area contributed by atoms with Crippen molar-refractivity contribution in [2.24, 2.45) is 0 Å². The second kappa shape index (κ2) is 18.2. The highest BCUT2D eigenvalue weighted by Crippen LogP contribution is 2.38. The Morgan fingerprint density at radius 3 is 2.04 bits per heavy atom. The number of carbonyl (C=O) groups excluding carboxylic acids is 2. The lowest BCUT2D eigenvalue weighted by Gasteiger charge is -2.45. The molecule has 57 heavy (non-hydrogen) atoms. The molecule has 300 valence electrons. The first-order valence-corrected chi connectivity index (χ1v) is 18.4. The van der Waals surface area contributed by atoms with Crippen LogP contribution in [0.25, 0.3) is 11.2 Å². The average molecular weight is 786 g/mol. The minimum Gasteiger partial charge on any atom is -0.457 e. The summed E-state index contributed by atoms with van der Waals surface area (Å²) in [4.78, 5) is 49.3. The summed E-state index contributed by atoms with van der Waals surface area (Å²) in [5.74, 6) is -0.793. The normalized spacial score (nSPS) is 25.9. The van der Waals surface area contributed by atoms with Gasteiger partial charge in [0.2, 0.25) is 5.95 Å². The fourth-order valence-electron chi connectivity index (χ4n) is 6.76. The number of fused-ring (bicyclic) bond motifs is 1. The number of aromatic amines is 1. The van der Waals surface area contributed by atoms with Crippen LogP contribution in [0.1, 0.15) is 36.8 Å². The summed E-state index contributed by atoms with van der Waals surface area (Å²) in [7, 11) is 0. The molecule has 3 aromatic carbocycles. The van der Waals surface area contributed by atoms with Gasteiger partial charge in [-0.3, -0.25) is 24.5 Å². The van der Waals surface area contributed by atoms with E-state index >= 15 is 0 Å². The van der Waals surface area contributed by atoms with Crippen molar-refractivity contribution in [1.82, 2.24) is 19.5 Å². The van der Waals surface area contributed by atoms with Crippen LogP contribution in [0.3, 0.4) is 0 Å². The molecule has 17 nitrogen and oxygen atoms in total. The molecule has 0 radical (unpaired) electrons. The number of rotatable bonds is 14. The number of aliphatic hydroxyl groups is 2. The Morgan fingerprint density at radius 1 is 0.842 bits per heavy atom. The van der Waals surface area contributed by atoms with Crippen LogP contribution < -0.4 is 10.9 Å². The third-order valence-electron chi connectivity index (χ3n) is 9.52. The highest BCUT2D eigenvalue weighted by molar-refractivity contribution is 5.83. The molecule has 0 aliphatic carbocycles. The van der Waals surface area contributed by atoms with Crippen LogP contribution in [-0.4, -0.2) is 97.4 Å². The Bertz CT molecular complexity index is 2150. The van der Waals surface area contributed by atoms with Crippen LogP contribution in [0.5, 0.6) is 0 Å². The van der Waals surface area contributed by atoms with E-state index < -0.39 is 79.5 Å². The molecule has 0 unspecified atom stereocenters. The first-order chi connectivity index (χ1) is 27.7. The molecule has 0 saturated carbocycles. The molecule has 2 fully saturated rings. The standard InChI is InChI=1S/C40H43N5O12/c1-23-31(55-24(2)47)33(51-19-25-12-6-3-7-13-25)34(52-20-26-14-8-4-9-15-26)38(54-23)57-32-30(48)28(18-46)56-37(32)45-22-41-29-35(45)42-39(43-36(29)49)44-40(50)53-21-27-16-10-5-11-17-27/h3-17,22-23,28,30-34,37-38,46,48H,18-21H2,1-2H3,(H2,42,43,44,49,50)/t23-,28+,30+,31+,32+,33+,34-,37+,38-/m0/s1. The number of aromatic nitrogens is 4. The van der Waals surface area contributed by atoms with Crippen LogP contribution >= 0.6 is 0 Å². The highest BCUT2D eigenvalue weighted by atomic mass is 16.7. The van der Waals surface area contributed by atoms with Gasteiger partial charge >= 0.3 is 12.1 Å². The molecule has 2 saturated heterocycles. The fourth-order valence-corrected chi connectivity index (χ4v) is 6.76. The summed E-state index contributed by atoms with van der Waals surface area (Å²) in [5.41, 5.74) is 1.63. The number of H-pyrrole nitrogens is 1. The monoisotopic (exact) mass is 785 g/mol. The van der Waals surface area contributed by atoms with E-state index in [-0.39, 0.29) is 36.9 Å². The predicted molar refractivity (Wildman–Crippen MR) is 200 cm³/mol. The smallest absolute Gasteiger partial charge is 0.414 e. The van der Waals surface area contributed by atoms with Crippen molar-refractivity contribution in [1.29, 1.82) is 0 Å². The maximum atomic E-state index is 13.1. The Hall–Kier alpha value is -5.53. The Kier molecular flexibility index (Phi) is 12.6. The van der Waals surface area contributed by atoms with E-state index in [0.29, 0.717) is 0 Å². The van der Waals surface area contributed by atoms with E-state index in [1.807, 2.05) is 78.9 Å². The fraction of sp³-hybridized carbons (Fsp3) is 0.375. The second-order valence-corrected chi connectivity index (χ2v) is 13.6. The second-order valence-electron chi connectivity index (χ2n) is 13.6. The third kappa shape index (κ3) is 9.37. The number of ether oxygens (including phenoxy) is 7. The molecule has 17 heteroatoms. The van der Waals surface area contributed by atoms with Crippen molar-refractivity contribution in [2.75, 3.05) is 11.9 Å². The Morgan fingerprint density at radius 2 is 1.44 bits per heavy atom. The van der Waals surface area contributed by atoms with Gasteiger partial charge in [-0.15, -0.1) is 0 Å². The largest absolute Gasteiger partial charge is 0.457 e. The van der Waals surface area contributed by atoms with Crippen LogP contribution in [0.4, 0.5) is 10.7 Å². The van der Waals surface area contributed by atoms with Gasteiger partial charge in [-0.1, -0.05) is 91.0 Å². The zero-order valence-electron chi connectivity index (χ0n) is 31.1. The van der Waals surface area contributed by atoms with Crippen molar-refractivity contribution >= 4 is 29.2 Å². The lowest BCUT2D eigenvalue weighted by atomic mass is 9.98. The number of nitrogens with one attached hydrogen (secondary N) is 2. The van der Waals surface area contributed by atoms with E-state index in [9.17, 15) is 24.6 Å². The third-order valence-corrected chi connectivity index (χ3v) is 9.52. The Labute approximate surface area is 326 Å². The van der Waals surface area contributed by atoms with Gasteiger partial charge < -0.3 is 43.4 Å². The lowest BCUT2D eigenvalue weighted by molar-refractivity contribution is -0.330. The average Bonchev–Trinajstić information content (AvgIpc) is 3.78. The van der Waals surface area contributed by atoms with Gasteiger partial charge in [0.1, 0.15) is 37.1 Å². The van der Waals surface area contributed by atoms with Crippen molar-refractivity contribution in [2.45, 2.75) is 88.9 Å². The summed E-state index contributed by atoms with van der Waals surface area (Å²) < 4.78 is 44.4. The maximum absolute atomic E-state index is 13.1. The zero-order valence-corrected chi connectivity index (χ0v) is 31.1. The van der Waals surface area contributed by atoms with E-state index in [2.05, 4.69) is 20.3 Å². The van der Waals surface area contributed by atoms with Crippen LogP contribution in [0.15, 0.2) is 102 Å². The number of hydrogen-bond acceptors (Lipinski definition) is 14. The molecular weight excluding hydrogens is 742 g/mol. The first-order valence-electron chi connectivity index (χ1n) is 18.4. The summed E-state index contributed by atoms with van der Waals surface area (Å²) in [6, 6.07) is 27.8. The van der Waals surface area contributed by atoms with Gasteiger partial charge in [-0.2, -0.15) is 4.98 Å². The SMILES string of the molecule is CC(=O)O[C@H]1[C@@H](OCc2ccccc2)[C@H](OCc2ccccc2)[C@H](O[C@@H]2[C@H](O)[C@@H](CO)O[C@H]2n2cnc3c(=O)[nH]c(NC(=O)OCc4ccccc4)nc32)O[C@H]1C. The predicted octanol–water partition coefficient (Wildman–Crippen LogP) is 3.35. The summed E-state index contributed by atoms with van der Waals surface area (Å²) in [5, 5.41) is 24.2. The molecule has 4 N–H and O–H groups in total. The number of aliphatic hydroxyl groups excluding tert-OH is 2. The number of benzene rings is 3. The summed E-state index contributed by atoms with van der Waals surface area (Å²) in [6.07, 6.45) is -9.65. The number of imidazole rings is 1. The molecule has 4 heterocycles. The van der Waals surface area contributed by atoms with Crippen LogP contribution in [-0.2, 0) is 57.8 Å². The zero-order chi connectivity index (χ0) is 39.9. The number of esters is 1. The van der Waals surface area contributed by atoms with E-state index in [1.165, 1.54) is 17.8 Å². The van der Waals surface area contributed by atoms with Crippen molar-refractivity contribution in [3.05, 3.63) is 124 Å². The molecule has 1 amide bonds. The van der Waals surface area contributed by atoms with Crippen LogP contribution in [0.2, 0.25) is 0 Å². The van der Waals surface area contributed by atoms with E-state index in [4.69, 9.17) is 33.2 Å². The molecule has 9 atom stereocenters. The molecule has 0 bridgehead atoms. The van der Waals surface area contributed by atoms with Gasteiger partial charge in [-0.25, -0.2) is 9.78 Å². The highest BCUT2D eigenvalue weighted by Gasteiger charge is 2.53. The van der Waals surface area contributed by atoms with Crippen molar-refractivity contribution in [3.63, 3.8) is 0 Å². The topological polar surface area (TPSA) is 215 Å². The minimum atomic E-state index is -1.44. The van der Waals surface area contributed by atoms with Crippen LogP contribution in [0, 0.1) is 0 Å². The lowest BCUT2D eigenvalue weighted by Crippen LogP contribution is -2.61. The number of anilines is 1. The van der Waals surface area contributed by atoms with Gasteiger partial charge in [0.15, 0.2) is 29.8 Å². The maximum Gasteiger partial charge on any atom is 0.414 e. The quantitative estimate of drug-likeness (QED) is 0.119.